The zero-order valence-corrected chi connectivity index (χ0v) is 16.6. The average Bonchev–Trinajstić information content (AvgIpc) is 2.74. The van der Waals surface area contributed by atoms with E-state index in [9.17, 15) is 17.2 Å². The Kier molecular flexibility index (Phi) is 6.99. The molecule has 3 rings (SSSR count). The number of ether oxygens (including phenoxy) is 1. The number of sulfonamides is 1. The Labute approximate surface area is 173 Å². The number of benzene rings is 2. The van der Waals surface area contributed by atoms with Crippen molar-refractivity contribution < 1.29 is 26.8 Å². The summed E-state index contributed by atoms with van der Waals surface area (Å²) in [4.78, 5) is 5.44. The summed E-state index contributed by atoms with van der Waals surface area (Å²) >= 11 is 0. The fourth-order valence-electron chi connectivity index (χ4n) is 2.85. The number of hydrogen-bond acceptors (Lipinski definition) is 6. The highest BCUT2D eigenvalue weighted by Gasteiger charge is 2.26. The number of rotatable bonds is 8. The first-order valence-corrected chi connectivity index (χ1v) is 10.4. The molecule has 0 unspecified atom stereocenters. The lowest BCUT2D eigenvalue weighted by Gasteiger charge is -2.26. The van der Waals surface area contributed by atoms with Gasteiger partial charge in [-0.2, -0.15) is 18.3 Å². The molecule has 158 valence electrons. The van der Waals surface area contributed by atoms with Gasteiger partial charge in [-0.15, -0.1) is 0 Å². The van der Waals surface area contributed by atoms with E-state index in [4.69, 9.17) is 10.1 Å². The van der Waals surface area contributed by atoms with Crippen LogP contribution in [0.15, 0.2) is 65.2 Å². The van der Waals surface area contributed by atoms with Gasteiger partial charge in [-0.25, -0.2) is 8.42 Å². The molecular formula is C20H19F2N3O4S. The molecule has 0 radical (unpaired) electrons. The predicted molar refractivity (Wildman–Crippen MR) is 104 cm³/mol. The Morgan fingerprint density at radius 1 is 1.20 bits per heavy atom. The van der Waals surface area contributed by atoms with Crippen molar-refractivity contribution in [1.29, 1.82) is 5.26 Å². The van der Waals surface area contributed by atoms with E-state index in [0.717, 1.165) is 11.3 Å². The second-order valence-corrected chi connectivity index (χ2v) is 8.33. The first-order chi connectivity index (χ1) is 14.4. The lowest BCUT2D eigenvalue weighted by Crippen LogP contribution is -2.36. The first-order valence-electron chi connectivity index (χ1n) is 8.99. The van der Waals surface area contributed by atoms with E-state index in [2.05, 4.69) is 16.3 Å². The van der Waals surface area contributed by atoms with Gasteiger partial charge in [0.2, 0.25) is 10.0 Å². The highest BCUT2D eigenvalue weighted by atomic mass is 32.2. The Bertz CT molecular complexity index is 1050. The summed E-state index contributed by atoms with van der Waals surface area (Å²) in [5.41, 5.74) is 4.94. The molecule has 0 bridgehead atoms. The molecule has 2 aromatic rings. The minimum absolute atomic E-state index is 0.00236. The number of halogens is 2. The smallest absolute Gasteiger partial charge is 0.387 e. The molecule has 1 aliphatic heterocycles. The second kappa shape index (κ2) is 9.67. The summed E-state index contributed by atoms with van der Waals surface area (Å²) in [7, 11) is -3.76. The molecule has 0 saturated heterocycles. The minimum atomic E-state index is -3.76. The summed E-state index contributed by atoms with van der Waals surface area (Å²) in [5, 5.41) is 8.91. The van der Waals surface area contributed by atoms with E-state index in [0.29, 0.717) is 12.0 Å². The number of alkyl halides is 2. The van der Waals surface area contributed by atoms with E-state index >= 15 is 0 Å². The monoisotopic (exact) mass is 435 g/mol. The van der Waals surface area contributed by atoms with Crippen LogP contribution in [-0.2, 0) is 21.5 Å². The van der Waals surface area contributed by atoms with Gasteiger partial charge in [0.1, 0.15) is 5.75 Å². The van der Waals surface area contributed by atoms with Gasteiger partial charge in [0.15, 0.2) is 0 Å². The van der Waals surface area contributed by atoms with Gasteiger partial charge in [0.25, 0.3) is 0 Å². The third-order valence-electron chi connectivity index (χ3n) is 4.36. The number of hydroxylamine groups is 1. The Morgan fingerprint density at radius 3 is 2.60 bits per heavy atom. The number of nitrogens with one attached hydrogen (secondary N) is 1. The summed E-state index contributed by atoms with van der Waals surface area (Å²) in [5.74, 6) is -0.105. The van der Waals surface area contributed by atoms with Crippen molar-refractivity contribution in [2.45, 2.75) is 24.5 Å². The molecule has 1 heterocycles. The van der Waals surface area contributed by atoms with Gasteiger partial charge in [-0.05, 0) is 48.0 Å². The zero-order chi connectivity index (χ0) is 21.6. The molecule has 10 heteroatoms. The van der Waals surface area contributed by atoms with Crippen LogP contribution in [0.2, 0.25) is 0 Å². The fourth-order valence-corrected chi connectivity index (χ4v) is 4.23. The molecule has 0 spiro atoms. The van der Waals surface area contributed by atoms with Gasteiger partial charge in [0.05, 0.1) is 23.1 Å². The van der Waals surface area contributed by atoms with Crippen LogP contribution in [0.3, 0.4) is 0 Å². The maximum absolute atomic E-state index is 12.7. The summed E-state index contributed by atoms with van der Waals surface area (Å²) < 4.78 is 55.4. The molecule has 0 saturated carbocycles. The van der Waals surface area contributed by atoms with Crippen molar-refractivity contribution >= 4 is 10.0 Å². The van der Waals surface area contributed by atoms with Gasteiger partial charge in [0, 0.05) is 25.2 Å². The summed E-state index contributed by atoms with van der Waals surface area (Å²) in [6.45, 7) is -2.33. The normalized spacial score (nSPS) is 14.8. The topological polar surface area (TPSA) is 91.7 Å². The van der Waals surface area contributed by atoms with E-state index in [-0.39, 0.29) is 30.3 Å². The summed E-state index contributed by atoms with van der Waals surface area (Å²) in [6.07, 6.45) is 2.13. The number of nitrogens with zero attached hydrogens (tertiary/aromatic N) is 2. The molecule has 2 aromatic carbocycles. The molecule has 7 nitrogen and oxygen atoms in total. The molecule has 0 atom stereocenters. The van der Waals surface area contributed by atoms with Gasteiger partial charge in [-0.3, -0.25) is 10.3 Å². The van der Waals surface area contributed by atoms with Crippen molar-refractivity contribution in [3.63, 3.8) is 0 Å². The lowest BCUT2D eigenvalue weighted by molar-refractivity contribution is -0.0498. The third kappa shape index (κ3) is 5.54. The zero-order valence-electron chi connectivity index (χ0n) is 15.8. The molecular weight excluding hydrogens is 416 g/mol. The largest absolute Gasteiger partial charge is 0.435 e. The molecule has 1 N–H and O–H groups in total. The molecule has 1 aliphatic rings. The Hall–Kier alpha value is -3.00. The SMILES string of the molecule is N#Cc1cccc(CONC2=CCN(S(=O)(=O)c3ccc(OC(F)F)cc3)CC2)c1. The molecule has 30 heavy (non-hydrogen) atoms. The van der Waals surface area contributed by atoms with Crippen LogP contribution in [0.5, 0.6) is 5.75 Å². The van der Waals surface area contributed by atoms with Crippen LogP contribution in [0.4, 0.5) is 8.78 Å². The lowest BCUT2D eigenvalue weighted by atomic mass is 10.1. The first kappa shape index (κ1) is 21.7. The van der Waals surface area contributed by atoms with E-state index in [1.54, 1.807) is 24.3 Å². The third-order valence-corrected chi connectivity index (χ3v) is 6.24. The molecule has 0 aromatic heterocycles. The highest BCUT2D eigenvalue weighted by Crippen LogP contribution is 2.23. The van der Waals surface area contributed by atoms with Gasteiger partial charge >= 0.3 is 6.61 Å². The molecule has 0 fully saturated rings. The van der Waals surface area contributed by atoms with Crippen molar-refractivity contribution in [3.8, 4) is 11.8 Å². The number of hydrogen-bond donors (Lipinski definition) is 1. The highest BCUT2D eigenvalue weighted by molar-refractivity contribution is 7.89. The van der Waals surface area contributed by atoms with E-state index in [1.807, 2.05) is 6.07 Å². The van der Waals surface area contributed by atoms with Crippen LogP contribution in [0.1, 0.15) is 17.5 Å². The van der Waals surface area contributed by atoms with Gasteiger partial charge < -0.3 is 4.74 Å². The maximum atomic E-state index is 12.7. The quantitative estimate of drug-likeness (QED) is 0.641. The fraction of sp³-hybridized carbons (Fsp3) is 0.250. The van der Waals surface area contributed by atoms with Crippen LogP contribution in [-0.4, -0.2) is 32.4 Å². The van der Waals surface area contributed by atoms with Crippen molar-refractivity contribution in [2.75, 3.05) is 13.1 Å². The average molecular weight is 435 g/mol. The number of nitriles is 1. The second-order valence-electron chi connectivity index (χ2n) is 6.40. The van der Waals surface area contributed by atoms with Crippen molar-refractivity contribution in [3.05, 3.63) is 71.4 Å². The standard InChI is InChI=1S/C20H19F2N3O4S/c21-20(22)29-18-4-6-19(7-5-18)30(26,27)25-10-8-17(9-11-25)24-28-14-16-3-1-2-15(12-16)13-23/h1-8,12,20,24H,9-11,14H2. The Balaban J connectivity index is 1.54. The van der Waals surface area contributed by atoms with Crippen molar-refractivity contribution in [2.24, 2.45) is 0 Å². The van der Waals surface area contributed by atoms with Crippen LogP contribution in [0, 0.1) is 11.3 Å². The summed E-state index contributed by atoms with van der Waals surface area (Å²) in [6, 6.07) is 14.0. The van der Waals surface area contributed by atoms with Crippen LogP contribution < -0.4 is 10.2 Å². The van der Waals surface area contributed by atoms with E-state index < -0.39 is 16.6 Å². The van der Waals surface area contributed by atoms with Crippen LogP contribution >= 0.6 is 0 Å². The molecule has 0 amide bonds. The maximum Gasteiger partial charge on any atom is 0.387 e. The predicted octanol–water partition coefficient (Wildman–Crippen LogP) is 3.16. The minimum Gasteiger partial charge on any atom is -0.435 e. The van der Waals surface area contributed by atoms with Crippen molar-refractivity contribution in [1.82, 2.24) is 9.79 Å². The van der Waals surface area contributed by atoms with E-state index in [1.165, 1.54) is 28.6 Å². The van der Waals surface area contributed by atoms with Crippen LogP contribution in [0.25, 0.3) is 0 Å². The molecule has 0 aliphatic carbocycles. The Morgan fingerprint density at radius 2 is 1.97 bits per heavy atom. The van der Waals surface area contributed by atoms with Gasteiger partial charge in [-0.1, -0.05) is 12.1 Å².